The molecule has 0 spiro atoms. The summed E-state index contributed by atoms with van der Waals surface area (Å²) in [5.74, 6) is -0.881. The number of cyclic esters (lactones) is 1. The maximum absolute atomic E-state index is 12.5. The molecule has 4 heterocycles. The quantitative estimate of drug-likeness (QED) is 0.488. The minimum absolute atomic E-state index is 0.0467. The summed E-state index contributed by atoms with van der Waals surface area (Å²) in [5.41, 5.74) is 0. The largest absolute Gasteiger partial charge is 0.481 e. The SMILES string of the molecule is CC1C(N2CCN(CCC(=O)O)CC2)OC(=O)N1CCN1CCN(c2noc(=O)[nH]2)CC1. The number of carboxylic acids is 1. The lowest BCUT2D eigenvalue weighted by Crippen LogP contribution is -2.54. The molecule has 2 N–H and O–H groups in total. The number of carboxylic acid groups (broad SMARTS) is 1. The number of carbonyl (C=O) groups excluding carboxylic acids is 1. The van der Waals surface area contributed by atoms with Gasteiger partial charge >= 0.3 is 17.8 Å². The van der Waals surface area contributed by atoms with E-state index in [4.69, 9.17) is 9.84 Å². The lowest BCUT2D eigenvalue weighted by atomic mass is 10.2. The van der Waals surface area contributed by atoms with E-state index in [-0.39, 0.29) is 24.8 Å². The number of H-pyrrole nitrogens is 1. The molecule has 0 radical (unpaired) electrons. The predicted octanol–water partition coefficient (Wildman–Crippen LogP) is -1.26. The predicted molar refractivity (Wildman–Crippen MR) is 112 cm³/mol. The third kappa shape index (κ3) is 5.22. The standard InChI is InChI=1S/C19H31N7O6/c1-14-16(24-9-4-22(5-10-24)3-2-15(27)28)31-19(30)26(14)13-8-23-6-11-25(12-7-23)17-20-18(29)32-21-17/h14,16H,2-13H2,1H3,(H,27,28)(H,20,21,29). The van der Waals surface area contributed by atoms with Gasteiger partial charge in [0.1, 0.15) is 0 Å². The molecule has 1 aromatic rings. The Kier molecular flexibility index (Phi) is 6.96. The van der Waals surface area contributed by atoms with Crippen LogP contribution in [0.5, 0.6) is 0 Å². The molecular formula is C19H31N7O6. The van der Waals surface area contributed by atoms with Gasteiger partial charge in [0.15, 0.2) is 6.23 Å². The van der Waals surface area contributed by atoms with Gasteiger partial charge in [0.2, 0.25) is 5.95 Å². The Morgan fingerprint density at radius 3 is 2.31 bits per heavy atom. The van der Waals surface area contributed by atoms with Crippen molar-refractivity contribution in [2.75, 3.05) is 76.9 Å². The number of rotatable bonds is 8. The van der Waals surface area contributed by atoms with Crippen molar-refractivity contribution in [1.29, 1.82) is 0 Å². The third-order valence-electron chi connectivity index (χ3n) is 6.53. The number of amides is 1. The summed E-state index contributed by atoms with van der Waals surface area (Å²) in [5, 5.41) is 12.6. The van der Waals surface area contributed by atoms with Crippen LogP contribution in [0.4, 0.5) is 10.7 Å². The van der Waals surface area contributed by atoms with E-state index in [9.17, 15) is 14.4 Å². The van der Waals surface area contributed by atoms with Gasteiger partial charge in [-0.05, 0) is 12.1 Å². The van der Waals surface area contributed by atoms with Gasteiger partial charge in [0, 0.05) is 72.0 Å². The van der Waals surface area contributed by atoms with Crippen molar-refractivity contribution in [2.45, 2.75) is 25.6 Å². The van der Waals surface area contributed by atoms with Crippen molar-refractivity contribution in [3.63, 3.8) is 0 Å². The molecular weight excluding hydrogens is 422 g/mol. The fourth-order valence-corrected chi connectivity index (χ4v) is 4.55. The zero-order valence-corrected chi connectivity index (χ0v) is 18.3. The van der Waals surface area contributed by atoms with Crippen LogP contribution in [0.3, 0.4) is 0 Å². The summed E-state index contributed by atoms with van der Waals surface area (Å²) >= 11 is 0. The Labute approximate surface area is 185 Å². The number of ether oxygens (including phenoxy) is 1. The first-order chi connectivity index (χ1) is 15.4. The van der Waals surface area contributed by atoms with Crippen molar-refractivity contribution in [3.05, 3.63) is 10.6 Å². The second-order valence-electron chi connectivity index (χ2n) is 8.48. The van der Waals surface area contributed by atoms with Crippen molar-refractivity contribution >= 4 is 18.0 Å². The Balaban J connectivity index is 1.20. The van der Waals surface area contributed by atoms with Crippen LogP contribution in [0.25, 0.3) is 0 Å². The van der Waals surface area contributed by atoms with Crippen LogP contribution in [0.1, 0.15) is 13.3 Å². The Hall–Kier alpha value is -2.64. The number of piperazine rings is 2. The second-order valence-corrected chi connectivity index (χ2v) is 8.48. The lowest BCUT2D eigenvalue weighted by Gasteiger charge is -2.38. The fourth-order valence-electron chi connectivity index (χ4n) is 4.55. The van der Waals surface area contributed by atoms with E-state index in [0.717, 1.165) is 58.9 Å². The van der Waals surface area contributed by atoms with Gasteiger partial charge in [-0.3, -0.25) is 29.0 Å². The topological polar surface area (TPSA) is 139 Å². The van der Waals surface area contributed by atoms with Crippen LogP contribution in [-0.4, -0.2) is 131 Å². The summed E-state index contributed by atoms with van der Waals surface area (Å²) in [6.45, 7) is 10.00. The molecule has 178 valence electrons. The smallest absolute Gasteiger partial charge is 0.440 e. The van der Waals surface area contributed by atoms with Crippen molar-refractivity contribution in [2.24, 2.45) is 0 Å². The summed E-state index contributed by atoms with van der Waals surface area (Å²) in [6, 6.07) is -0.0467. The number of anilines is 1. The molecule has 13 heteroatoms. The second kappa shape index (κ2) is 9.88. The molecule has 0 saturated carbocycles. The molecule has 0 aliphatic carbocycles. The molecule has 1 aromatic heterocycles. The number of hydrogen-bond donors (Lipinski definition) is 2. The summed E-state index contributed by atoms with van der Waals surface area (Å²) < 4.78 is 10.3. The average Bonchev–Trinajstić information content (AvgIpc) is 3.34. The lowest BCUT2D eigenvalue weighted by molar-refractivity contribution is -0.137. The number of aromatic amines is 1. The van der Waals surface area contributed by atoms with Gasteiger partial charge in [0.05, 0.1) is 12.5 Å². The molecule has 4 rings (SSSR count). The summed E-state index contributed by atoms with van der Waals surface area (Å²) in [6.07, 6.45) is -0.410. The van der Waals surface area contributed by atoms with E-state index in [1.165, 1.54) is 0 Å². The van der Waals surface area contributed by atoms with Crippen LogP contribution >= 0.6 is 0 Å². The maximum atomic E-state index is 12.5. The van der Waals surface area contributed by atoms with Gasteiger partial charge in [-0.15, -0.1) is 0 Å². The van der Waals surface area contributed by atoms with E-state index in [0.29, 0.717) is 19.0 Å². The van der Waals surface area contributed by atoms with E-state index in [2.05, 4.69) is 29.4 Å². The van der Waals surface area contributed by atoms with Gasteiger partial charge in [-0.25, -0.2) is 9.59 Å². The van der Waals surface area contributed by atoms with Gasteiger partial charge < -0.3 is 19.6 Å². The first-order valence-corrected chi connectivity index (χ1v) is 11.1. The number of hydrogen-bond acceptors (Lipinski definition) is 10. The van der Waals surface area contributed by atoms with Crippen LogP contribution in [0.2, 0.25) is 0 Å². The van der Waals surface area contributed by atoms with E-state index >= 15 is 0 Å². The van der Waals surface area contributed by atoms with Gasteiger partial charge in [-0.2, -0.15) is 0 Å². The minimum atomic E-state index is -0.782. The van der Waals surface area contributed by atoms with Crippen LogP contribution in [0.15, 0.2) is 9.32 Å². The Morgan fingerprint density at radius 2 is 1.69 bits per heavy atom. The first-order valence-electron chi connectivity index (χ1n) is 11.1. The molecule has 3 aliphatic rings. The van der Waals surface area contributed by atoms with Crippen molar-refractivity contribution in [3.8, 4) is 0 Å². The molecule has 32 heavy (non-hydrogen) atoms. The zero-order valence-electron chi connectivity index (χ0n) is 18.3. The van der Waals surface area contributed by atoms with Gasteiger partial charge in [-0.1, -0.05) is 0 Å². The molecule has 0 aromatic carbocycles. The molecule has 3 aliphatic heterocycles. The highest BCUT2D eigenvalue weighted by Gasteiger charge is 2.42. The molecule has 1 amide bonds. The van der Waals surface area contributed by atoms with Crippen molar-refractivity contribution < 1.29 is 24.0 Å². The minimum Gasteiger partial charge on any atom is -0.481 e. The number of aromatic nitrogens is 2. The van der Waals surface area contributed by atoms with Crippen LogP contribution < -0.4 is 10.7 Å². The van der Waals surface area contributed by atoms with Crippen LogP contribution in [0, 0.1) is 0 Å². The highest BCUT2D eigenvalue weighted by atomic mass is 16.6. The number of nitrogens with one attached hydrogen (secondary N) is 1. The highest BCUT2D eigenvalue weighted by Crippen LogP contribution is 2.23. The fraction of sp³-hybridized carbons (Fsp3) is 0.789. The monoisotopic (exact) mass is 453 g/mol. The van der Waals surface area contributed by atoms with Gasteiger partial charge in [0.25, 0.3) is 0 Å². The molecule has 2 atom stereocenters. The molecule has 3 fully saturated rings. The van der Waals surface area contributed by atoms with Crippen molar-refractivity contribution in [1.82, 2.24) is 29.7 Å². The molecule has 13 nitrogen and oxygen atoms in total. The normalized spacial score (nSPS) is 26.0. The van der Waals surface area contributed by atoms with E-state index in [1.54, 1.807) is 4.90 Å². The number of nitrogens with zero attached hydrogens (tertiary/aromatic N) is 6. The third-order valence-corrected chi connectivity index (χ3v) is 6.53. The Bertz CT molecular complexity index is 843. The van der Waals surface area contributed by atoms with Crippen LogP contribution in [-0.2, 0) is 9.53 Å². The average molecular weight is 454 g/mol. The number of aliphatic carboxylic acids is 1. The van der Waals surface area contributed by atoms with E-state index < -0.39 is 11.7 Å². The summed E-state index contributed by atoms with van der Waals surface area (Å²) in [7, 11) is 0. The number of carbonyl (C=O) groups is 2. The summed E-state index contributed by atoms with van der Waals surface area (Å²) in [4.78, 5) is 47.3. The molecule has 0 bridgehead atoms. The Morgan fingerprint density at radius 1 is 1.03 bits per heavy atom. The molecule has 3 saturated heterocycles. The van der Waals surface area contributed by atoms with E-state index in [1.807, 2.05) is 11.8 Å². The highest BCUT2D eigenvalue weighted by molar-refractivity contribution is 5.70. The zero-order chi connectivity index (χ0) is 22.7. The first kappa shape index (κ1) is 22.6. The maximum Gasteiger partial charge on any atom is 0.440 e. The molecule has 2 unspecified atom stereocenters.